The zero-order valence-electron chi connectivity index (χ0n) is 8.82. The van der Waals surface area contributed by atoms with Crippen LogP contribution in [-0.2, 0) is 6.42 Å². The summed E-state index contributed by atoms with van der Waals surface area (Å²) in [6, 6.07) is 7.14. The molecule has 3 heteroatoms. The molecular weight excluding hydrogens is 191 g/mol. The van der Waals surface area contributed by atoms with Crippen LogP contribution in [-0.4, -0.2) is 30.6 Å². The molecule has 1 aromatic rings. The lowest BCUT2D eigenvalue weighted by molar-refractivity contribution is 0.121. The SMILES string of the molecule is NCC(Cc1ccc(F)cc1)N1CCC1. The standard InChI is InChI=1S/C12H17FN2/c13-11-4-2-10(3-5-11)8-12(9-14)15-6-1-7-15/h2-5,12H,1,6-9,14H2. The predicted molar refractivity (Wildman–Crippen MR) is 59.1 cm³/mol. The highest BCUT2D eigenvalue weighted by atomic mass is 19.1. The molecule has 2 rings (SSSR count). The third-order valence-electron chi connectivity index (χ3n) is 3.06. The zero-order valence-corrected chi connectivity index (χ0v) is 8.82. The average molecular weight is 208 g/mol. The van der Waals surface area contributed by atoms with Crippen molar-refractivity contribution in [3.8, 4) is 0 Å². The molecular formula is C12H17FN2. The lowest BCUT2D eigenvalue weighted by Gasteiger charge is -2.38. The number of likely N-dealkylation sites (tertiary alicyclic amines) is 1. The van der Waals surface area contributed by atoms with E-state index in [0.29, 0.717) is 12.6 Å². The second-order valence-corrected chi connectivity index (χ2v) is 4.11. The molecule has 1 aliphatic rings. The largest absolute Gasteiger partial charge is 0.329 e. The summed E-state index contributed by atoms with van der Waals surface area (Å²) >= 11 is 0. The van der Waals surface area contributed by atoms with Crippen LogP contribution in [0.2, 0.25) is 0 Å². The predicted octanol–water partition coefficient (Wildman–Crippen LogP) is 1.40. The highest BCUT2D eigenvalue weighted by Crippen LogP contribution is 2.15. The van der Waals surface area contributed by atoms with Gasteiger partial charge in [0.25, 0.3) is 0 Å². The Balaban J connectivity index is 1.96. The van der Waals surface area contributed by atoms with Gasteiger partial charge in [0.15, 0.2) is 0 Å². The Morgan fingerprint density at radius 2 is 1.93 bits per heavy atom. The molecule has 0 spiro atoms. The number of nitrogens with zero attached hydrogens (tertiary/aromatic N) is 1. The molecule has 1 saturated heterocycles. The van der Waals surface area contributed by atoms with E-state index in [4.69, 9.17) is 5.73 Å². The summed E-state index contributed by atoms with van der Waals surface area (Å²) in [6.45, 7) is 2.99. The minimum Gasteiger partial charge on any atom is -0.329 e. The zero-order chi connectivity index (χ0) is 10.7. The van der Waals surface area contributed by atoms with Crippen molar-refractivity contribution in [1.29, 1.82) is 0 Å². The molecule has 1 aliphatic heterocycles. The highest BCUT2D eigenvalue weighted by Gasteiger charge is 2.22. The van der Waals surface area contributed by atoms with Crippen molar-refractivity contribution in [2.75, 3.05) is 19.6 Å². The van der Waals surface area contributed by atoms with E-state index in [1.54, 1.807) is 0 Å². The Morgan fingerprint density at radius 1 is 1.27 bits per heavy atom. The lowest BCUT2D eigenvalue weighted by atomic mass is 10.0. The Kier molecular flexibility index (Phi) is 3.34. The highest BCUT2D eigenvalue weighted by molar-refractivity contribution is 5.17. The fourth-order valence-electron chi connectivity index (χ4n) is 1.96. The molecule has 1 aromatic carbocycles. The van der Waals surface area contributed by atoms with Crippen molar-refractivity contribution in [2.24, 2.45) is 5.73 Å². The first-order chi connectivity index (χ1) is 7.29. The van der Waals surface area contributed by atoms with E-state index in [1.807, 2.05) is 12.1 Å². The number of hydrogen-bond acceptors (Lipinski definition) is 2. The van der Waals surface area contributed by atoms with Crippen molar-refractivity contribution in [2.45, 2.75) is 18.9 Å². The molecule has 82 valence electrons. The second-order valence-electron chi connectivity index (χ2n) is 4.11. The summed E-state index contributed by atoms with van der Waals surface area (Å²) in [5.41, 5.74) is 6.91. The topological polar surface area (TPSA) is 29.3 Å². The van der Waals surface area contributed by atoms with Crippen molar-refractivity contribution < 1.29 is 4.39 Å². The van der Waals surface area contributed by atoms with Crippen LogP contribution in [0, 0.1) is 5.82 Å². The van der Waals surface area contributed by atoms with Gasteiger partial charge in [-0.05, 0) is 43.6 Å². The monoisotopic (exact) mass is 208 g/mol. The van der Waals surface area contributed by atoms with Gasteiger partial charge in [0.1, 0.15) is 5.82 Å². The van der Waals surface area contributed by atoms with Gasteiger partial charge >= 0.3 is 0 Å². The quantitative estimate of drug-likeness (QED) is 0.810. The minimum absolute atomic E-state index is 0.174. The molecule has 0 amide bonds. The van der Waals surface area contributed by atoms with Crippen molar-refractivity contribution >= 4 is 0 Å². The van der Waals surface area contributed by atoms with E-state index >= 15 is 0 Å². The number of nitrogens with two attached hydrogens (primary N) is 1. The van der Waals surface area contributed by atoms with Crippen molar-refractivity contribution in [3.63, 3.8) is 0 Å². The van der Waals surface area contributed by atoms with Crippen LogP contribution in [0.3, 0.4) is 0 Å². The molecule has 15 heavy (non-hydrogen) atoms. The van der Waals surface area contributed by atoms with Gasteiger partial charge in [0, 0.05) is 12.6 Å². The number of benzene rings is 1. The van der Waals surface area contributed by atoms with Gasteiger partial charge in [-0.3, -0.25) is 4.90 Å². The van der Waals surface area contributed by atoms with Gasteiger partial charge in [0.05, 0.1) is 0 Å². The van der Waals surface area contributed by atoms with Crippen LogP contribution < -0.4 is 5.73 Å². The minimum atomic E-state index is -0.174. The number of hydrogen-bond donors (Lipinski definition) is 1. The molecule has 1 heterocycles. The first-order valence-electron chi connectivity index (χ1n) is 5.48. The van der Waals surface area contributed by atoms with Gasteiger partial charge in [-0.15, -0.1) is 0 Å². The van der Waals surface area contributed by atoms with Crippen LogP contribution in [0.5, 0.6) is 0 Å². The number of halogens is 1. The van der Waals surface area contributed by atoms with Gasteiger partial charge < -0.3 is 5.73 Å². The van der Waals surface area contributed by atoms with Crippen LogP contribution in [0.15, 0.2) is 24.3 Å². The molecule has 2 nitrogen and oxygen atoms in total. The van der Waals surface area contributed by atoms with E-state index < -0.39 is 0 Å². The van der Waals surface area contributed by atoms with E-state index in [0.717, 1.165) is 19.5 Å². The summed E-state index contributed by atoms with van der Waals surface area (Å²) in [6.07, 6.45) is 2.21. The Bertz CT molecular complexity index is 306. The van der Waals surface area contributed by atoms with Gasteiger partial charge in [-0.1, -0.05) is 12.1 Å². The summed E-state index contributed by atoms with van der Waals surface area (Å²) in [5.74, 6) is -0.174. The summed E-state index contributed by atoms with van der Waals surface area (Å²) in [7, 11) is 0. The maximum atomic E-state index is 12.7. The fraction of sp³-hybridized carbons (Fsp3) is 0.500. The summed E-state index contributed by atoms with van der Waals surface area (Å²) in [5, 5.41) is 0. The van der Waals surface area contributed by atoms with Crippen molar-refractivity contribution in [1.82, 2.24) is 4.90 Å². The summed E-state index contributed by atoms with van der Waals surface area (Å²) < 4.78 is 12.7. The maximum Gasteiger partial charge on any atom is 0.123 e. The first-order valence-corrected chi connectivity index (χ1v) is 5.48. The van der Waals surface area contributed by atoms with E-state index in [-0.39, 0.29) is 5.82 Å². The Labute approximate surface area is 89.9 Å². The first kappa shape index (κ1) is 10.6. The molecule has 0 bridgehead atoms. The second kappa shape index (κ2) is 4.73. The molecule has 2 N–H and O–H groups in total. The third kappa shape index (κ3) is 2.55. The smallest absolute Gasteiger partial charge is 0.123 e. The molecule has 0 aliphatic carbocycles. The summed E-state index contributed by atoms with van der Waals surface area (Å²) in [4.78, 5) is 2.39. The molecule has 1 fully saturated rings. The Morgan fingerprint density at radius 3 is 2.40 bits per heavy atom. The van der Waals surface area contributed by atoms with Crippen LogP contribution in [0.1, 0.15) is 12.0 Å². The molecule has 0 saturated carbocycles. The van der Waals surface area contributed by atoms with Crippen molar-refractivity contribution in [3.05, 3.63) is 35.6 Å². The average Bonchev–Trinajstić information content (AvgIpc) is 2.17. The molecule has 1 unspecified atom stereocenters. The van der Waals surface area contributed by atoms with Crippen LogP contribution in [0.4, 0.5) is 4.39 Å². The molecule has 1 atom stereocenters. The van der Waals surface area contributed by atoms with Crippen LogP contribution in [0.25, 0.3) is 0 Å². The third-order valence-corrected chi connectivity index (χ3v) is 3.06. The van der Waals surface area contributed by atoms with Gasteiger partial charge in [0.2, 0.25) is 0 Å². The van der Waals surface area contributed by atoms with Gasteiger partial charge in [-0.25, -0.2) is 4.39 Å². The molecule has 0 radical (unpaired) electrons. The lowest BCUT2D eigenvalue weighted by Crippen LogP contribution is -2.49. The van der Waals surface area contributed by atoms with E-state index in [1.165, 1.54) is 24.1 Å². The Hall–Kier alpha value is -0.930. The fourth-order valence-corrected chi connectivity index (χ4v) is 1.96. The van der Waals surface area contributed by atoms with E-state index in [2.05, 4.69) is 4.90 Å². The normalized spacial score (nSPS) is 18.5. The number of rotatable bonds is 4. The van der Waals surface area contributed by atoms with E-state index in [9.17, 15) is 4.39 Å². The maximum absolute atomic E-state index is 12.7. The van der Waals surface area contributed by atoms with Gasteiger partial charge in [-0.2, -0.15) is 0 Å². The molecule has 0 aromatic heterocycles. The van der Waals surface area contributed by atoms with Crippen LogP contribution >= 0.6 is 0 Å².